The Morgan fingerprint density at radius 2 is 1.81 bits per heavy atom. The molecule has 0 unspecified atom stereocenters. The van der Waals surface area contributed by atoms with E-state index in [1.165, 1.54) is 0 Å². The summed E-state index contributed by atoms with van der Waals surface area (Å²) in [6, 6.07) is 0. The first-order chi connectivity index (χ1) is 14.7. The lowest BCUT2D eigenvalue weighted by molar-refractivity contribution is -0.141. The predicted octanol–water partition coefficient (Wildman–Crippen LogP) is 3.77. The van der Waals surface area contributed by atoms with Gasteiger partial charge in [-0.1, -0.05) is 20.8 Å². The number of rotatable bonds is 5. The summed E-state index contributed by atoms with van der Waals surface area (Å²) >= 11 is 0. The first-order valence-electron chi connectivity index (χ1n) is 12.8. The van der Waals surface area contributed by atoms with Gasteiger partial charge in [-0.15, -0.1) is 0 Å². The fraction of sp³-hybridized carbons (Fsp3) is 0.889. The van der Waals surface area contributed by atoms with Crippen LogP contribution in [0, 0.1) is 34.5 Å². The molecular weight excluding hydrogens is 404 g/mol. The second kappa shape index (κ2) is 7.90. The van der Waals surface area contributed by atoms with Crippen molar-refractivity contribution in [3.05, 3.63) is 11.6 Å². The number of hydrogen-bond donors (Lipinski definition) is 4. The molecule has 9 atom stereocenters. The van der Waals surface area contributed by atoms with Crippen LogP contribution in [0.25, 0.3) is 0 Å². The third-order valence-corrected chi connectivity index (χ3v) is 10.2. The Balaban J connectivity index is 1.60. The molecule has 0 bridgehead atoms. The molecule has 0 spiro atoms. The highest BCUT2D eigenvalue weighted by Gasteiger charge is 2.66. The van der Waals surface area contributed by atoms with Crippen molar-refractivity contribution < 1.29 is 25.2 Å². The predicted molar refractivity (Wildman–Crippen MR) is 124 cm³/mol. The summed E-state index contributed by atoms with van der Waals surface area (Å²) in [5, 5.41) is 43.1. The molecule has 0 amide bonds. The fourth-order valence-electron chi connectivity index (χ4n) is 8.52. The third kappa shape index (κ3) is 3.72. The topological polar surface area (TPSA) is 98.0 Å². The van der Waals surface area contributed by atoms with Crippen molar-refractivity contribution in [3.8, 4) is 0 Å². The standard InChI is InChI=1S/C27H44O5/c1-16(12-18(29)15-24(2,3)31)19-8-11-27(32)21-14-23(30)22-13-17(28)6-9-25(22,4)20(21)7-10-26(19,27)5/h14,16-20,22,28-29,31-32H,6-13,15H2,1-5H3/t16-,17+,18+,19-,20+,22+,25-,26-,27-/m1/s1. The highest BCUT2D eigenvalue weighted by molar-refractivity contribution is 5.95. The Labute approximate surface area is 193 Å². The van der Waals surface area contributed by atoms with Gasteiger partial charge < -0.3 is 20.4 Å². The molecule has 3 saturated carbocycles. The molecule has 0 aromatic heterocycles. The average Bonchev–Trinajstić information content (AvgIpc) is 2.94. The Kier molecular flexibility index (Phi) is 6.02. The highest BCUT2D eigenvalue weighted by Crippen LogP contribution is 2.68. The molecule has 0 aromatic rings. The summed E-state index contributed by atoms with van der Waals surface area (Å²) < 4.78 is 0. The summed E-state index contributed by atoms with van der Waals surface area (Å²) in [4.78, 5) is 13.2. The number of aliphatic hydroxyl groups is 4. The summed E-state index contributed by atoms with van der Waals surface area (Å²) in [5.74, 6) is 0.634. The van der Waals surface area contributed by atoms with Crippen LogP contribution in [0.2, 0.25) is 0 Å². The van der Waals surface area contributed by atoms with Gasteiger partial charge in [-0.2, -0.15) is 0 Å². The first kappa shape index (κ1) is 24.4. The summed E-state index contributed by atoms with van der Waals surface area (Å²) in [6.45, 7) is 10.0. The lowest BCUT2D eigenvalue weighted by atomic mass is 9.46. The normalized spacial score (nSPS) is 46.0. The molecule has 4 rings (SSSR count). The van der Waals surface area contributed by atoms with Crippen LogP contribution in [0.5, 0.6) is 0 Å². The average molecular weight is 449 g/mol. The van der Waals surface area contributed by atoms with Gasteiger partial charge in [-0.05, 0) is 100 Å². The Morgan fingerprint density at radius 3 is 2.47 bits per heavy atom. The van der Waals surface area contributed by atoms with E-state index >= 15 is 0 Å². The van der Waals surface area contributed by atoms with Gasteiger partial charge in [0.05, 0.1) is 23.4 Å². The molecule has 0 heterocycles. The van der Waals surface area contributed by atoms with Crippen LogP contribution >= 0.6 is 0 Å². The fourth-order valence-corrected chi connectivity index (χ4v) is 8.52. The Hall–Kier alpha value is -0.750. The number of allylic oxidation sites excluding steroid dienone is 1. The van der Waals surface area contributed by atoms with E-state index < -0.39 is 23.4 Å². The minimum absolute atomic E-state index is 0.0901. The van der Waals surface area contributed by atoms with Crippen LogP contribution < -0.4 is 0 Å². The Bertz CT molecular complexity index is 783. The summed E-state index contributed by atoms with van der Waals surface area (Å²) in [7, 11) is 0. The number of carbonyl (C=O) groups is 1. The second-order valence-corrected chi connectivity index (χ2v) is 12.9. The Morgan fingerprint density at radius 1 is 1.12 bits per heavy atom. The van der Waals surface area contributed by atoms with Gasteiger partial charge in [0.15, 0.2) is 5.78 Å². The molecular formula is C27H44O5. The number of fused-ring (bicyclic) bond motifs is 5. The lowest BCUT2D eigenvalue weighted by Gasteiger charge is -2.59. The zero-order valence-corrected chi connectivity index (χ0v) is 20.6. The van der Waals surface area contributed by atoms with Gasteiger partial charge in [0.25, 0.3) is 0 Å². The van der Waals surface area contributed by atoms with Gasteiger partial charge >= 0.3 is 0 Å². The van der Waals surface area contributed by atoms with Crippen LogP contribution in [0.4, 0.5) is 0 Å². The molecule has 4 aliphatic rings. The van der Waals surface area contributed by atoms with E-state index in [2.05, 4.69) is 20.8 Å². The molecule has 3 fully saturated rings. The molecule has 4 aliphatic carbocycles. The number of hydrogen-bond acceptors (Lipinski definition) is 5. The maximum absolute atomic E-state index is 13.2. The van der Waals surface area contributed by atoms with E-state index in [0.717, 1.165) is 37.7 Å². The highest BCUT2D eigenvalue weighted by atomic mass is 16.3. The van der Waals surface area contributed by atoms with E-state index in [1.54, 1.807) is 19.9 Å². The number of aliphatic hydroxyl groups excluding tert-OH is 2. The van der Waals surface area contributed by atoms with Gasteiger partial charge in [-0.25, -0.2) is 0 Å². The molecule has 0 radical (unpaired) electrons. The monoisotopic (exact) mass is 448 g/mol. The third-order valence-electron chi connectivity index (χ3n) is 10.2. The van der Waals surface area contributed by atoms with E-state index in [9.17, 15) is 25.2 Å². The van der Waals surface area contributed by atoms with Gasteiger partial charge in [0.2, 0.25) is 0 Å². The van der Waals surface area contributed by atoms with Crippen molar-refractivity contribution in [2.45, 2.75) is 116 Å². The van der Waals surface area contributed by atoms with E-state index in [0.29, 0.717) is 25.7 Å². The maximum Gasteiger partial charge on any atom is 0.159 e. The number of carbonyl (C=O) groups excluding carboxylic acids is 1. The minimum atomic E-state index is -0.976. The minimum Gasteiger partial charge on any atom is -0.393 e. The van der Waals surface area contributed by atoms with Crippen LogP contribution in [-0.4, -0.2) is 49.6 Å². The van der Waals surface area contributed by atoms with Crippen molar-refractivity contribution >= 4 is 5.78 Å². The molecule has 0 aliphatic heterocycles. The van der Waals surface area contributed by atoms with Gasteiger partial charge in [0, 0.05) is 17.8 Å². The molecule has 0 aromatic carbocycles. The molecule has 182 valence electrons. The maximum atomic E-state index is 13.2. The molecule has 32 heavy (non-hydrogen) atoms. The summed E-state index contributed by atoms with van der Waals surface area (Å²) in [5.41, 5.74) is -1.41. The molecule has 4 N–H and O–H groups in total. The molecule has 5 nitrogen and oxygen atoms in total. The second-order valence-electron chi connectivity index (χ2n) is 12.9. The van der Waals surface area contributed by atoms with Crippen molar-refractivity contribution in [1.82, 2.24) is 0 Å². The van der Waals surface area contributed by atoms with Crippen molar-refractivity contribution in [2.75, 3.05) is 0 Å². The zero-order valence-electron chi connectivity index (χ0n) is 20.6. The smallest absolute Gasteiger partial charge is 0.159 e. The van der Waals surface area contributed by atoms with E-state index in [4.69, 9.17) is 0 Å². The molecule has 0 saturated heterocycles. The van der Waals surface area contributed by atoms with E-state index in [-0.39, 0.29) is 40.3 Å². The van der Waals surface area contributed by atoms with Crippen LogP contribution in [0.15, 0.2) is 11.6 Å². The largest absolute Gasteiger partial charge is 0.393 e. The van der Waals surface area contributed by atoms with Crippen LogP contribution in [0.3, 0.4) is 0 Å². The van der Waals surface area contributed by atoms with Crippen LogP contribution in [-0.2, 0) is 4.79 Å². The van der Waals surface area contributed by atoms with Gasteiger partial charge in [-0.3, -0.25) is 4.79 Å². The molecule has 5 heteroatoms. The SMILES string of the molecule is C[C@H](C[C@H](O)CC(C)(C)O)[C@H]1CC[C@@]2(O)C3=CC(=O)[C@@H]4C[C@@H](O)CC[C@]4(C)[C@H]3CC[C@]12C. The van der Waals surface area contributed by atoms with Crippen LogP contribution in [0.1, 0.15) is 92.4 Å². The zero-order chi connectivity index (χ0) is 23.7. The van der Waals surface area contributed by atoms with E-state index in [1.807, 2.05) is 0 Å². The van der Waals surface area contributed by atoms with Crippen molar-refractivity contribution in [1.29, 1.82) is 0 Å². The first-order valence-corrected chi connectivity index (χ1v) is 12.8. The number of ketones is 1. The van der Waals surface area contributed by atoms with Crippen molar-refractivity contribution in [3.63, 3.8) is 0 Å². The van der Waals surface area contributed by atoms with Gasteiger partial charge in [0.1, 0.15) is 0 Å². The van der Waals surface area contributed by atoms with Crippen molar-refractivity contribution in [2.24, 2.45) is 34.5 Å². The quantitative estimate of drug-likeness (QED) is 0.513. The summed E-state index contributed by atoms with van der Waals surface area (Å²) in [6.07, 6.45) is 7.32. The lowest BCUT2D eigenvalue weighted by Crippen LogP contribution is -2.59.